The lowest BCUT2D eigenvalue weighted by Gasteiger charge is -2.26. The Balaban J connectivity index is 5.15. The lowest BCUT2D eigenvalue weighted by atomic mass is 9.97. The first kappa shape index (κ1) is 22.3. The van der Waals surface area contributed by atoms with Gasteiger partial charge in [-0.1, -0.05) is 20.3 Å². The van der Waals surface area contributed by atoms with E-state index in [1.165, 1.54) is 0 Å². The second kappa shape index (κ2) is 10.2. The highest BCUT2D eigenvalue weighted by Crippen LogP contribution is 2.09. The van der Waals surface area contributed by atoms with E-state index in [4.69, 9.17) is 21.1 Å². The topological polar surface area (TPSA) is 196 Å². The molecule has 7 N–H and O–H groups in total. The maximum absolute atomic E-state index is 12.3. The summed E-state index contributed by atoms with van der Waals surface area (Å²) in [5, 5.41) is 30.6. The largest absolute Gasteiger partial charge is 0.481 e. The number of aliphatic carboxylic acids is 3. The van der Waals surface area contributed by atoms with Gasteiger partial charge in [-0.15, -0.1) is 0 Å². The zero-order chi connectivity index (χ0) is 19.7. The predicted molar refractivity (Wildman–Crippen MR) is 83.4 cm³/mol. The Morgan fingerprint density at radius 1 is 0.920 bits per heavy atom. The normalized spacial score (nSPS) is 15.3. The molecule has 25 heavy (non-hydrogen) atoms. The average molecular weight is 361 g/mol. The number of carboxylic acids is 3. The van der Waals surface area contributed by atoms with Gasteiger partial charge in [-0.3, -0.25) is 19.2 Å². The Morgan fingerprint density at radius 3 is 1.84 bits per heavy atom. The molecule has 11 nitrogen and oxygen atoms in total. The first-order valence-corrected chi connectivity index (χ1v) is 7.52. The molecule has 0 aliphatic carbocycles. The molecule has 0 bridgehead atoms. The van der Waals surface area contributed by atoms with Crippen LogP contribution in [0.15, 0.2) is 0 Å². The average Bonchev–Trinajstić information content (AvgIpc) is 2.49. The van der Waals surface area contributed by atoms with Crippen LogP contribution in [0.5, 0.6) is 0 Å². The smallest absolute Gasteiger partial charge is 0.326 e. The van der Waals surface area contributed by atoms with Crippen LogP contribution < -0.4 is 16.4 Å². The first-order valence-electron chi connectivity index (χ1n) is 7.52. The quantitative estimate of drug-likeness (QED) is 0.250. The molecule has 4 unspecified atom stereocenters. The summed E-state index contributed by atoms with van der Waals surface area (Å²) in [5.74, 6) is -6.44. The SMILES string of the molecule is CCC(C)C(NC(=O)C(N)CC(=O)O)C(=O)NC(CC(=O)O)C(=O)O. The molecule has 0 aliphatic rings. The fraction of sp³-hybridized carbons (Fsp3) is 0.643. The third kappa shape index (κ3) is 8.11. The number of nitrogens with one attached hydrogen (secondary N) is 2. The molecule has 0 aromatic carbocycles. The van der Waals surface area contributed by atoms with Crippen molar-refractivity contribution in [2.75, 3.05) is 0 Å². The molecule has 0 rings (SSSR count). The molecule has 0 heterocycles. The Morgan fingerprint density at radius 2 is 1.44 bits per heavy atom. The molecule has 0 aromatic heterocycles. The van der Waals surface area contributed by atoms with Gasteiger partial charge in [0.2, 0.25) is 11.8 Å². The zero-order valence-electron chi connectivity index (χ0n) is 13.9. The summed E-state index contributed by atoms with van der Waals surface area (Å²) in [6.07, 6.45) is -1.04. The molecule has 0 spiro atoms. The number of hydrogen-bond donors (Lipinski definition) is 6. The Kier molecular flexibility index (Phi) is 9.13. The molecular weight excluding hydrogens is 338 g/mol. The van der Waals surface area contributed by atoms with E-state index in [0.717, 1.165) is 0 Å². The van der Waals surface area contributed by atoms with Gasteiger partial charge >= 0.3 is 17.9 Å². The minimum absolute atomic E-state index is 0.430. The number of rotatable bonds is 11. The lowest BCUT2D eigenvalue weighted by molar-refractivity contribution is -0.147. The van der Waals surface area contributed by atoms with Crippen molar-refractivity contribution in [3.63, 3.8) is 0 Å². The molecular formula is C14H23N3O8. The molecule has 0 fully saturated rings. The number of amides is 2. The van der Waals surface area contributed by atoms with Gasteiger partial charge in [-0.05, 0) is 5.92 Å². The summed E-state index contributed by atoms with van der Waals surface area (Å²) >= 11 is 0. The summed E-state index contributed by atoms with van der Waals surface area (Å²) in [7, 11) is 0. The second-order valence-corrected chi connectivity index (χ2v) is 5.57. The molecule has 0 aliphatic heterocycles. The second-order valence-electron chi connectivity index (χ2n) is 5.57. The van der Waals surface area contributed by atoms with Crippen molar-refractivity contribution in [1.29, 1.82) is 0 Å². The summed E-state index contributed by atoms with van der Waals surface area (Å²) in [5.41, 5.74) is 5.43. The van der Waals surface area contributed by atoms with Gasteiger partial charge in [0, 0.05) is 0 Å². The lowest BCUT2D eigenvalue weighted by Crippen LogP contribution is -2.57. The van der Waals surface area contributed by atoms with Crippen LogP contribution >= 0.6 is 0 Å². The number of carboxylic acid groups (broad SMARTS) is 3. The summed E-state index contributed by atoms with van der Waals surface area (Å²) in [6, 6.07) is -4.24. The van der Waals surface area contributed by atoms with E-state index < -0.39 is 66.6 Å². The maximum atomic E-state index is 12.3. The van der Waals surface area contributed by atoms with E-state index in [-0.39, 0.29) is 0 Å². The summed E-state index contributed by atoms with van der Waals surface area (Å²) < 4.78 is 0. The van der Waals surface area contributed by atoms with Crippen LogP contribution in [0.2, 0.25) is 0 Å². The number of carbonyl (C=O) groups excluding carboxylic acids is 2. The van der Waals surface area contributed by atoms with Gasteiger partial charge in [0.05, 0.1) is 18.9 Å². The highest BCUT2D eigenvalue weighted by atomic mass is 16.4. The molecule has 142 valence electrons. The molecule has 0 saturated heterocycles. The maximum Gasteiger partial charge on any atom is 0.326 e. The Labute approximate surface area is 143 Å². The number of carbonyl (C=O) groups is 5. The van der Waals surface area contributed by atoms with Crippen molar-refractivity contribution in [2.24, 2.45) is 11.7 Å². The van der Waals surface area contributed by atoms with Crippen LogP contribution in [0, 0.1) is 5.92 Å². The van der Waals surface area contributed by atoms with Crippen molar-refractivity contribution in [2.45, 2.75) is 51.2 Å². The molecule has 0 aromatic rings. The third-order valence-electron chi connectivity index (χ3n) is 3.52. The van der Waals surface area contributed by atoms with Crippen molar-refractivity contribution >= 4 is 29.7 Å². The molecule has 0 saturated carbocycles. The van der Waals surface area contributed by atoms with Gasteiger partial charge in [0.15, 0.2) is 0 Å². The molecule has 0 radical (unpaired) electrons. The van der Waals surface area contributed by atoms with Crippen LogP contribution in [0.4, 0.5) is 0 Å². The molecule has 4 atom stereocenters. The van der Waals surface area contributed by atoms with E-state index in [2.05, 4.69) is 10.6 Å². The minimum atomic E-state index is -1.67. The van der Waals surface area contributed by atoms with Crippen molar-refractivity contribution in [3.05, 3.63) is 0 Å². The molecule has 11 heteroatoms. The van der Waals surface area contributed by atoms with Crippen LogP contribution in [-0.2, 0) is 24.0 Å². The number of nitrogens with two attached hydrogens (primary N) is 1. The predicted octanol–water partition coefficient (Wildman–Crippen LogP) is -1.64. The highest BCUT2D eigenvalue weighted by Gasteiger charge is 2.32. The van der Waals surface area contributed by atoms with Gasteiger partial charge in [-0.2, -0.15) is 0 Å². The van der Waals surface area contributed by atoms with Crippen LogP contribution in [0.1, 0.15) is 33.1 Å². The molecule has 2 amide bonds. The van der Waals surface area contributed by atoms with Crippen LogP contribution in [0.3, 0.4) is 0 Å². The van der Waals surface area contributed by atoms with E-state index in [1.54, 1.807) is 13.8 Å². The van der Waals surface area contributed by atoms with E-state index in [0.29, 0.717) is 6.42 Å². The van der Waals surface area contributed by atoms with E-state index in [9.17, 15) is 24.0 Å². The van der Waals surface area contributed by atoms with E-state index >= 15 is 0 Å². The third-order valence-corrected chi connectivity index (χ3v) is 3.52. The van der Waals surface area contributed by atoms with Gasteiger partial charge in [0.1, 0.15) is 12.1 Å². The van der Waals surface area contributed by atoms with Gasteiger partial charge < -0.3 is 31.7 Å². The first-order chi connectivity index (χ1) is 11.5. The zero-order valence-corrected chi connectivity index (χ0v) is 13.9. The van der Waals surface area contributed by atoms with Crippen molar-refractivity contribution in [1.82, 2.24) is 10.6 Å². The Hall–Kier alpha value is -2.69. The fourth-order valence-electron chi connectivity index (χ4n) is 1.88. The van der Waals surface area contributed by atoms with Crippen molar-refractivity contribution in [3.8, 4) is 0 Å². The van der Waals surface area contributed by atoms with Crippen LogP contribution in [0.25, 0.3) is 0 Å². The van der Waals surface area contributed by atoms with Crippen LogP contribution in [-0.4, -0.2) is 63.2 Å². The van der Waals surface area contributed by atoms with Gasteiger partial charge in [0.25, 0.3) is 0 Å². The number of hydrogen-bond acceptors (Lipinski definition) is 6. The Bertz CT molecular complexity index is 536. The summed E-state index contributed by atoms with van der Waals surface area (Å²) in [6.45, 7) is 3.33. The minimum Gasteiger partial charge on any atom is -0.481 e. The van der Waals surface area contributed by atoms with Crippen molar-refractivity contribution < 1.29 is 39.3 Å². The monoisotopic (exact) mass is 361 g/mol. The van der Waals surface area contributed by atoms with Gasteiger partial charge in [-0.25, -0.2) is 4.79 Å². The highest BCUT2D eigenvalue weighted by molar-refractivity contribution is 5.93. The van der Waals surface area contributed by atoms with E-state index in [1.807, 2.05) is 0 Å². The standard InChI is InChI=1S/C14H23N3O8/c1-3-6(2)11(17-12(22)7(15)4-9(18)19)13(23)16-8(14(24)25)5-10(20)21/h6-8,11H,3-5,15H2,1-2H3,(H,16,23)(H,17,22)(H,18,19)(H,20,21)(H,24,25). The summed E-state index contributed by atoms with van der Waals surface area (Å²) in [4.78, 5) is 56.5. The fourth-order valence-corrected chi connectivity index (χ4v) is 1.88.